The first-order valence-corrected chi connectivity index (χ1v) is 13.6. The smallest absolute Gasteiger partial charge is 0.378 e. The van der Waals surface area contributed by atoms with Crippen LogP contribution in [0.25, 0.3) is 11.3 Å². The van der Waals surface area contributed by atoms with Gasteiger partial charge in [0.15, 0.2) is 0 Å². The lowest BCUT2D eigenvalue weighted by Gasteiger charge is -2.40. The molecule has 4 heterocycles. The first-order chi connectivity index (χ1) is 19.5. The number of morpholine rings is 1. The molecule has 14 heteroatoms. The van der Waals surface area contributed by atoms with Crippen molar-refractivity contribution in [2.75, 3.05) is 74.6 Å². The van der Waals surface area contributed by atoms with Gasteiger partial charge < -0.3 is 30.1 Å². The number of nitrogens with one attached hydrogen (secondary N) is 2. The third-order valence-electron chi connectivity index (χ3n) is 8.02. The van der Waals surface area contributed by atoms with E-state index in [1.807, 2.05) is 23.8 Å². The quantitative estimate of drug-likeness (QED) is 0.522. The molecule has 10 nitrogen and oxygen atoms in total. The highest BCUT2D eigenvalue weighted by atomic mass is 19.4. The number of anilines is 3. The third kappa shape index (κ3) is 6.38. The van der Waals surface area contributed by atoms with Crippen LogP contribution in [0.15, 0.2) is 24.4 Å². The van der Waals surface area contributed by atoms with Gasteiger partial charge in [0.1, 0.15) is 5.82 Å². The van der Waals surface area contributed by atoms with E-state index in [0.717, 1.165) is 0 Å². The zero-order valence-corrected chi connectivity index (χ0v) is 22.9. The first-order valence-electron chi connectivity index (χ1n) is 13.6. The summed E-state index contributed by atoms with van der Waals surface area (Å²) < 4.78 is 62.5. The SMILES string of the molecule is C[C@H]1CN(c2cc(F)c(-c3ccnc(N4CCOCC4)n3)cc2NC(=O)C2CNC(=O)CC2C(F)(F)F)CCN1C. The number of rotatable bonds is 5. The number of hydrogen-bond acceptors (Lipinski definition) is 8. The molecule has 2 N–H and O–H groups in total. The predicted molar refractivity (Wildman–Crippen MR) is 144 cm³/mol. The number of aromatic nitrogens is 2. The molecule has 41 heavy (non-hydrogen) atoms. The van der Waals surface area contributed by atoms with Crippen LogP contribution >= 0.6 is 0 Å². The molecule has 2 amide bonds. The van der Waals surface area contributed by atoms with E-state index in [1.54, 1.807) is 6.07 Å². The minimum absolute atomic E-state index is 0.0763. The summed E-state index contributed by atoms with van der Waals surface area (Å²) in [7, 11) is 1.98. The van der Waals surface area contributed by atoms with E-state index < -0.39 is 48.6 Å². The van der Waals surface area contributed by atoms with Gasteiger partial charge >= 0.3 is 6.18 Å². The predicted octanol–water partition coefficient (Wildman–Crippen LogP) is 2.51. The molecule has 3 aliphatic rings. The number of ether oxygens (including phenoxy) is 1. The fraction of sp³-hybridized carbons (Fsp3) is 0.556. The lowest BCUT2D eigenvalue weighted by atomic mass is 9.84. The van der Waals surface area contributed by atoms with Crippen LogP contribution in [0.2, 0.25) is 0 Å². The van der Waals surface area contributed by atoms with Gasteiger partial charge in [-0.25, -0.2) is 14.4 Å². The molecule has 0 bridgehead atoms. The number of alkyl halides is 3. The van der Waals surface area contributed by atoms with Gasteiger partial charge in [-0.15, -0.1) is 0 Å². The molecule has 3 saturated heterocycles. The van der Waals surface area contributed by atoms with E-state index in [4.69, 9.17) is 4.74 Å². The van der Waals surface area contributed by atoms with E-state index in [0.29, 0.717) is 57.6 Å². The lowest BCUT2D eigenvalue weighted by Crippen LogP contribution is -2.51. The molecule has 0 radical (unpaired) electrons. The Morgan fingerprint density at radius 2 is 1.90 bits per heavy atom. The number of nitrogens with zero attached hydrogens (tertiary/aromatic N) is 5. The van der Waals surface area contributed by atoms with Crippen LogP contribution in [-0.4, -0.2) is 98.4 Å². The molecule has 0 saturated carbocycles. The first kappa shape index (κ1) is 29.0. The van der Waals surface area contributed by atoms with E-state index >= 15 is 4.39 Å². The molecule has 3 aliphatic heterocycles. The molecule has 3 atom stereocenters. The summed E-state index contributed by atoms with van der Waals surface area (Å²) >= 11 is 0. The second-order valence-corrected chi connectivity index (χ2v) is 10.7. The number of amides is 2. The molecule has 0 aliphatic carbocycles. The maximum Gasteiger partial charge on any atom is 0.393 e. The number of hydrogen-bond donors (Lipinski definition) is 2. The number of benzene rings is 1. The van der Waals surface area contributed by atoms with E-state index in [-0.39, 0.29) is 23.0 Å². The molecular formula is C27H33F4N7O3. The summed E-state index contributed by atoms with van der Waals surface area (Å²) in [5.74, 6) is -5.50. The molecule has 5 rings (SSSR count). The summed E-state index contributed by atoms with van der Waals surface area (Å²) in [6.07, 6.45) is -4.05. The van der Waals surface area contributed by atoms with E-state index in [9.17, 15) is 22.8 Å². The zero-order chi connectivity index (χ0) is 29.3. The van der Waals surface area contributed by atoms with Crippen LogP contribution in [-0.2, 0) is 14.3 Å². The molecule has 222 valence electrons. The number of halogens is 4. The van der Waals surface area contributed by atoms with Crippen LogP contribution in [0.1, 0.15) is 13.3 Å². The topological polar surface area (TPSA) is 103 Å². The number of piperazine rings is 1. The summed E-state index contributed by atoms with van der Waals surface area (Å²) in [5, 5.41) is 5.02. The summed E-state index contributed by atoms with van der Waals surface area (Å²) in [6.45, 7) is 5.48. The Labute approximate surface area is 235 Å². The Morgan fingerprint density at radius 3 is 2.61 bits per heavy atom. The highest BCUT2D eigenvalue weighted by molar-refractivity contribution is 5.98. The molecule has 2 aromatic rings. The van der Waals surface area contributed by atoms with Crippen molar-refractivity contribution in [1.29, 1.82) is 0 Å². The second kappa shape index (κ2) is 11.8. The van der Waals surface area contributed by atoms with E-state index in [1.165, 1.54) is 18.3 Å². The number of piperidine rings is 1. The Hall–Kier alpha value is -3.52. The van der Waals surface area contributed by atoms with Gasteiger partial charge in [0.05, 0.1) is 42.1 Å². The Morgan fingerprint density at radius 1 is 1.15 bits per heavy atom. The van der Waals surface area contributed by atoms with Crippen molar-refractivity contribution < 1.29 is 31.9 Å². The van der Waals surface area contributed by atoms with Crippen molar-refractivity contribution in [3.05, 3.63) is 30.2 Å². The second-order valence-electron chi connectivity index (χ2n) is 10.7. The minimum atomic E-state index is -4.74. The maximum absolute atomic E-state index is 15.7. The minimum Gasteiger partial charge on any atom is -0.378 e. The van der Waals surface area contributed by atoms with Crippen molar-refractivity contribution in [1.82, 2.24) is 20.2 Å². The standard InChI is InChI=1S/C27H33F4N7O3/c1-16-15-38(6-5-36(16)2)23-13-20(28)17(21-3-4-32-26(35-21)37-7-9-41-10-8-37)11-22(23)34-25(40)18-14-33-24(39)12-19(18)27(29,30)31/h3-4,11,13,16,18-19H,5-10,12,14-15H2,1-2H3,(H,33,39)(H,34,40)/t16-,18?,19?/m0/s1. The third-order valence-corrected chi connectivity index (χ3v) is 8.02. The van der Waals surface area contributed by atoms with E-state index in [2.05, 4.69) is 25.5 Å². The fourth-order valence-corrected chi connectivity index (χ4v) is 5.43. The molecule has 0 spiro atoms. The maximum atomic E-state index is 15.7. The van der Waals surface area contributed by atoms with Gasteiger partial charge in [0.2, 0.25) is 17.8 Å². The number of likely N-dealkylation sites (N-methyl/N-ethyl adjacent to an activating group) is 1. The van der Waals surface area contributed by atoms with Gasteiger partial charge in [-0.05, 0) is 32.2 Å². The number of carbonyl (C=O) groups excluding carboxylic acids is 2. The highest BCUT2D eigenvalue weighted by Gasteiger charge is 2.50. The van der Waals surface area contributed by atoms with Crippen LogP contribution in [0.5, 0.6) is 0 Å². The van der Waals surface area contributed by atoms with Crippen LogP contribution in [0.4, 0.5) is 34.9 Å². The molecule has 2 unspecified atom stereocenters. The Balaban J connectivity index is 1.51. The van der Waals surface area contributed by atoms with Crippen molar-refractivity contribution in [2.24, 2.45) is 11.8 Å². The summed E-state index contributed by atoms with van der Waals surface area (Å²) in [4.78, 5) is 39.9. The van der Waals surface area contributed by atoms with Crippen molar-refractivity contribution >= 4 is 29.1 Å². The lowest BCUT2D eigenvalue weighted by molar-refractivity contribution is -0.197. The average molecular weight is 580 g/mol. The van der Waals surface area contributed by atoms with Gasteiger partial charge in [-0.2, -0.15) is 13.2 Å². The molecular weight excluding hydrogens is 546 g/mol. The van der Waals surface area contributed by atoms with Crippen LogP contribution < -0.4 is 20.4 Å². The molecule has 3 fully saturated rings. The average Bonchev–Trinajstić information content (AvgIpc) is 2.95. The monoisotopic (exact) mass is 579 g/mol. The van der Waals surface area contributed by atoms with Crippen molar-refractivity contribution in [2.45, 2.75) is 25.6 Å². The van der Waals surface area contributed by atoms with Crippen molar-refractivity contribution in [3.63, 3.8) is 0 Å². The summed E-state index contributed by atoms with van der Waals surface area (Å²) in [6, 6.07) is 4.38. The van der Waals surface area contributed by atoms with Gasteiger partial charge in [-0.1, -0.05) is 0 Å². The molecule has 1 aromatic heterocycles. The Kier molecular flexibility index (Phi) is 8.32. The Bertz CT molecular complexity index is 1290. The summed E-state index contributed by atoms with van der Waals surface area (Å²) in [5.41, 5.74) is 0.885. The normalized spacial score (nSPS) is 24.2. The van der Waals surface area contributed by atoms with Crippen LogP contribution in [0, 0.1) is 17.7 Å². The fourth-order valence-electron chi connectivity index (χ4n) is 5.43. The zero-order valence-electron chi connectivity index (χ0n) is 22.9. The van der Waals surface area contributed by atoms with Crippen LogP contribution in [0.3, 0.4) is 0 Å². The largest absolute Gasteiger partial charge is 0.393 e. The van der Waals surface area contributed by atoms with Gasteiger partial charge in [-0.3, -0.25) is 9.59 Å². The van der Waals surface area contributed by atoms with Crippen molar-refractivity contribution in [3.8, 4) is 11.3 Å². The van der Waals surface area contributed by atoms with Gasteiger partial charge in [0.25, 0.3) is 0 Å². The molecule has 1 aromatic carbocycles. The highest BCUT2D eigenvalue weighted by Crippen LogP contribution is 2.39. The van der Waals surface area contributed by atoms with Gasteiger partial charge in [0, 0.05) is 63.5 Å². The number of carbonyl (C=O) groups is 2.